The molecule has 36 heavy (non-hydrogen) atoms. The van der Waals surface area contributed by atoms with Gasteiger partial charge in [0.2, 0.25) is 17.7 Å². The number of amides is 3. The van der Waals surface area contributed by atoms with Gasteiger partial charge in [-0.15, -0.1) is 0 Å². The van der Waals surface area contributed by atoms with Crippen LogP contribution in [0.5, 0.6) is 0 Å². The molecule has 1 saturated heterocycles. The number of carbonyl (C=O) groups is 5. The number of carbonyl (C=O) groups excluding carboxylic acids is 3. The summed E-state index contributed by atoms with van der Waals surface area (Å²) in [6.45, 7) is 0.645. The first-order valence-electron chi connectivity index (χ1n) is 11.9. The van der Waals surface area contributed by atoms with Crippen molar-refractivity contribution < 1.29 is 34.2 Å². The van der Waals surface area contributed by atoms with Crippen LogP contribution < -0.4 is 22.1 Å². The highest BCUT2D eigenvalue weighted by Gasteiger charge is 2.38. The fourth-order valence-electron chi connectivity index (χ4n) is 4.03. The van der Waals surface area contributed by atoms with Crippen molar-refractivity contribution in [2.24, 2.45) is 11.5 Å². The number of aliphatic carboxylic acids is 2. The van der Waals surface area contributed by atoms with Crippen LogP contribution in [0.2, 0.25) is 0 Å². The fraction of sp³-hybridized carbons (Fsp3) is 0.636. The average Bonchev–Trinajstić information content (AvgIpc) is 3.53. The monoisotopic (exact) mass is 509 g/mol. The summed E-state index contributed by atoms with van der Waals surface area (Å²) in [5, 5.41) is 23.7. The van der Waals surface area contributed by atoms with Crippen LogP contribution >= 0.6 is 0 Å². The van der Waals surface area contributed by atoms with Gasteiger partial charge in [0.1, 0.15) is 18.1 Å². The Bertz CT molecular complexity index is 909. The first-order valence-corrected chi connectivity index (χ1v) is 11.9. The lowest BCUT2D eigenvalue weighted by Crippen LogP contribution is -2.57. The zero-order chi connectivity index (χ0) is 26.7. The van der Waals surface area contributed by atoms with Gasteiger partial charge in [-0.25, -0.2) is 9.78 Å². The SMILES string of the molecule is NCCCCC(N)C(=O)NC(Cc1cnc[nH]1)C(=O)NC(CCC(=O)O)C(=O)N1CCCC1C(=O)O. The second-order valence-corrected chi connectivity index (χ2v) is 8.75. The highest BCUT2D eigenvalue weighted by molar-refractivity contribution is 5.94. The maximum atomic E-state index is 13.2. The molecule has 0 bridgehead atoms. The first kappa shape index (κ1) is 28.7. The van der Waals surface area contributed by atoms with Crippen LogP contribution in [0.15, 0.2) is 12.5 Å². The Kier molecular flexibility index (Phi) is 11.3. The molecule has 4 atom stereocenters. The number of imidazole rings is 1. The molecule has 4 unspecified atom stereocenters. The van der Waals surface area contributed by atoms with Gasteiger partial charge in [-0.2, -0.15) is 0 Å². The fourth-order valence-corrected chi connectivity index (χ4v) is 4.03. The van der Waals surface area contributed by atoms with Crippen molar-refractivity contribution in [1.29, 1.82) is 0 Å². The lowest BCUT2D eigenvalue weighted by Gasteiger charge is -2.28. The van der Waals surface area contributed by atoms with E-state index in [0.717, 1.165) is 4.90 Å². The summed E-state index contributed by atoms with van der Waals surface area (Å²) in [4.78, 5) is 69.6. The van der Waals surface area contributed by atoms with Crippen molar-refractivity contribution in [2.45, 2.75) is 75.5 Å². The van der Waals surface area contributed by atoms with Gasteiger partial charge in [0.25, 0.3) is 0 Å². The smallest absolute Gasteiger partial charge is 0.326 e. The van der Waals surface area contributed by atoms with Gasteiger partial charge in [-0.1, -0.05) is 6.42 Å². The highest BCUT2D eigenvalue weighted by atomic mass is 16.4. The number of hydrogen-bond acceptors (Lipinski definition) is 8. The zero-order valence-corrected chi connectivity index (χ0v) is 20.0. The van der Waals surface area contributed by atoms with E-state index in [0.29, 0.717) is 37.9 Å². The highest BCUT2D eigenvalue weighted by Crippen LogP contribution is 2.20. The Balaban J connectivity index is 2.18. The third-order valence-electron chi connectivity index (χ3n) is 6.00. The van der Waals surface area contributed by atoms with Gasteiger partial charge < -0.3 is 42.2 Å². The number of H-pyrrole nitrogens is 1. The van der Waals surface area contributed by atoms with Gasteiger partial charge in [-0.3, -0.25) is 19.2 Å². The van der Waals surface area contributed by atoms with Crippen molar-refractivity contribution in [3.8, 4) is 0 Å². The normalized spacial score (nSPS) is 17.7. The topological polar surface area (TPSA) is 234 Å². The van der Waals surface area contributed by atoms with E-state index < -0.39 is 60.2 Å². The molecule has 1 fully saturated rings. The van der Waals surface area contributed by atoms with Crippen LogP contribution in [0.25, 0.3) is 0 Å². The van der Waals surface area contributed by atoms with Crippen LogP contribution in [0, 0.1) is 0 Å². The van der Waals surface area contributed by atoms with Gasteiger partial charge >= 0.3 is 11.9 Å². The molecule has 2 rings (SSSR count). The lowest BCUT2D eigenvalue weighted by atomic mass is 10.1. The number of unbranched alkanes of at least 4 members (excludes halogenated alkanes) is 1. The Labute approximate surface area is 208 Å². The zero-order valence-electron chi connectivity index (χ0n) is 20.0. The van der Waals surface area contributed by atoms with Crippen LogP contribution in [0.4, 0.5) is 0 Å². The second-order valence-electron chi connectivity index (χ2n) is 8.75. The van der Waals surface area contributed by atoms with E-state index >= 15 is 0 Å². The number of aromatic nitrogens is 2. The molecule has 1 aliphatic rings. The minimum Gasteiger partial charge on any atom is -0.481 e. The van der Waals surface area contributed by atoms with Crippen molar-refractivity contribution >= 4 is 29.7 Å². The number of hydrogen-bond donors (Lipinski definition) is 7. The number of rotatable bonds is 15. The second kappa shape index (κ2) is 14.1. The third kappa shape index (κ3) is 8.61. The Morgan fingerprint density at radius 1 is 1.11 bits per heavy atom. The molecule has 0 radical (unpaired) electrons. The van der Waals surface area contributed by atoms with E-state index in [1.807, 2.05) is 0 Å². The first-order chi connectivity index (χ1) is 17.1. The average molecular weight is 510 g/mol. The largest absolute Gasteiger partial charge is 0.481 e. The minimum atomic E-state index is -1.28. The summed E-state index contributed by atoms with van der Waals surface area (Å²) in [5.74, 6) is -4.33. The standard InChI is InChI=1S/C22H35N7O7/c23-8-2-1-4-14(24)19(32)28-16(10-13-11-25-12-26-13)20(33)27-15(6-7-18(30)31)21(34)29-9-3-5-17(29)22(35)36/h11-12,14-17H,1-10,23-24H2,(H,25,26)(H,27,33)(H,28,32)(H,30,31)(H,35,36). The summed E-state index contributed by atoms with van der Waals surface area (Å²) in [5.41, 5.74) is 12.0. The van der Waals surface area contributed by atoms with Crippen molar-refractivity contribution in [2.75, 3.05) is 13.1 Å². The molecule has 14 nitrogen and oxygen atoms in total. The Morgan fingerprint density at radius 3 is 2.44 bits per heavy atom. The van der Waals surface area contributed by atoms with Crippen LogP contribution in [0.3, 0.4) is 0 Å². The summed E-state index contributed by atoms with van der Waals surface area (Å²) >= 11 is 0. The molecule has 3 amide bonds. The van der Waals surface area contributed by atoms with Gasteiger partial charge in [-0.05, 0) is 38.6 Å². The summed E-state index contributed by atoms with van der Waals surface area (Å²) in [6, 6.07) is -4.35. The van der Waals surface area contributed by atoms with Crippen LogP contribution in [0.1, 0.15) is 50.6 Å². The number of likely N-dealkylation sites (tertiary alicyclic amines) is 1. The predicted octanol–water partition coefficient (Wildman–Crippen LogP) is -1.68. The molecule has 1 aliphatic heterocycles. The summed E-state index contributed by atoms with van der Waals surface area (Å²) < 4.78 is 0. The van der Waals surface area contributed by atoms with Crippen molar-refractivity contribution in [3.63, 3.8) is 0 Å². The van der Waals surface area contributed by atoms with E-state index in [1.165, 1.54) is 12.5 Å². The quantitative estimate of drug-likeness (QED) is 0.133. The molecule has 14 heteroatoms. The van der Waals surface area contributed by atoms with E-state index in [4.69, 9.17) is 16.6 Å². The Morgan fingerprint density at radius 2 is 1.83 bits per heavy atom. The molecule has 1 aromatic rings. The summed E-state index contributed by atoms with van der Waals surface area (Å²) in [6.07, 6.45) is 4.66. The molecule has 9 N–H and O–H groups in total. The molecule has 1 aromatic heterocycles. The number of carboxylic acids is 2. The number of nitrogens with one attached hydrogen (secondary N) is 3. The molecule has 0 aliphatic carbocycles. The van der Waals surface area contributed by atoms with E-state index in [9.17, 15) is 29.1 Å². The maximum Gasteiger partial charge on any atom is 0.326 e. The maximum absolute atomic E-state index is 13.2. The molecular formula is C22H35N7O7. The number of nitrogens with two attached hydrogens (primary N) is 2. The number of aromatic amines is 1. The molecule has 200 valence electrons. The van der Waals surface area contributed by atoms with E-state index in [2.05, 4.69) is 20.6 Å². The molecule has 0 saturated carbocycles. The predicted molar refractivity (Wildman–Crippen MR) is 126 cm³/mol. The molecule has 0 aromatic carbocycles. The molecule has 2 heterocycles. The van der Waals surface area contributed by atoms with Gasteiger partial charge in [0.15, 0.2) is 0 Å². The van der Waals surface area contributed by atoms with Crippen molar-refractivity contribution in [3.05, 3.63) is 18.2 Å². The van der Waals surface area contributed by atoms with E-state index in [1.54, 1.807) is 0 Å². The van der Waals surface area contributed by atoms with Gasteiger partial charge in [0, 0.05) is 31.3 Å². The third-order valence-corrected chi connectivity index (χ3v) is 6.00. The lowest BCUT2D eigenvalue weighted by molar-refractivity contribution is -0.150. The molecular weight excluding hydrogens is 474 g/mol. The van der Waals surface area contributed by atoms with Crippen LogP contribution in [-0.2, 0) is 30.4 Å². The minimum absolute atomic E-state index is 0.00833. The number of nitrogens with zero attached hydrogens (tertiary/aromatic N) is 2. The van der Waals surface area contributed by atoms with Gasteiger partial charge in [0.05, 0.1) is 12.4 Å². The van der Waals surface area contributed by atoms with Crippen LogP contribution in [-0.4, -0.2) is 92.0 Å². The molecule has 0 spiro atoms. The number of carboxylic acid groups (broad SMARTS) is 2. The Hall–Kier alpha value is -3.52. The van der Waals surface area contributed by atoms with Crippen molar-refractivity contribution in [1.82, 2.24) is 25.5 Å². The van der Waals surface area contributed by atoms with E-state index in [-0.39, 0.29) is 25.8 Å². The summed E-state index contributed by atoms with van der Waals surface area (Å²) in [7, 11) is 0.